The Morgan fingerprint density at radius 1 is 1.07 bits per heavy atom. The van der Waals surface area contributed by atoms with E-state index in [2.05, 4.69) is 25.7 Å². The molecule has 14 heavy (non-hydrogen) atoms. The second-order valence-electron chi connectivity index (χ2n) is 4.07. The summed E-state index contributed by atoms with van der Waals surface area (Å²) >= 11 is 0. The van der Waals surface area contributed by atoms with Gasteiger partial charge in [0.2, 0.25) is 0 Å². The molecule has 0 aromatic carbocycles. The van der Waals surface area contributed by atoms with E-state index in [0.29, 0.717) is 0 Å². The van der Waals surface area contributed by atoms with Crippen molar-refractivity contribution in [2.75, 3.05) is 26.2 Å². The van der Waals surface area contributed by atoms with Gasteiger partial charge in [0.25, 0.3) is 0 Å². The first-order chi connectivity index (χ1) is 6.78. The van der Waals surface area contributed by atoms with Crippen molar-refractivity contribution in [3.63, 3.8) is 0 Å². The standard InChI is InChI=1S/C12H28N2/c1-4-12(5-2)11-14(6-3)10-8-7-9-13/h12H,4-11,13H2,1-3H3. The maximum Gasteiger partial charge on any atom is 0.000934 e. The van der Waals surface area contributed by atoms with Crippen LogP contribution in [0, 0.1) is 5.92 Å². The fourth-order valence-electron chi connectivity index (χ4n) is 1.77. The lowest BCUT2D eigenvalue weighted by Gasteiger charge is -2.25. The molecule has 0 spiro atoms. The molecule has 0 atom stereocenters. The molecule has 0 fully saturated rings. The van der Waals surface area contributed by atoms with Crippen LogP contribution in [-0.4, -0.2) is 31.1 Å². The lowest BCUT2D eigenvalue weighted by atomic mass is 10.0. The van der Waals surface area contributed by atoms with Crippen LogP contribution < -0.4 is 5.73 Å². The summed E-state index contributed by atoms with van der Waals surface area (Å²) in [5.41, 5.74) is 5.49. The van der Waals surface area contributed by atoms with Gasteiger partial charge in [-0.25, -0.2) is 0 Å². The number of nitrogens with two attached hydrogens (primary N) is 1. The van der Waals surface area contributed by atoms with Gasteiger partial charge < -0.3 is 10.6 Å². The van der Waals surface area contributed by atoms with Crippen LogP contribution in [0.25, 0.3) is 0 Å². The van der Waals surface area contributed by atoms with Crippen LogP contribution in [0.15, 0.2) is 0 Å². The molecular weight excluding hydrogens is 172 g/mol. The molecule has 0 aliphatic rings. The van der Waals surface area contributed by atoms with Crippen LogP contribution >= 0.6 is 0 Å². The maximum absolute atomic E-state index is 5.49. The fourth-order valence-corrected chi connectivity index (χ4v) is 1.77. The van der Waals surface area contributed by atoms with Crippen molar-refractivity contribution in [2.45, 2.75) is 46.5 Å². The number of rotatable bonds is 9. The third-order valence-corrected chi connectivity index (χ3v) is 3.05. The van der Waals surface area contributed by atoms with E-state index in [1.54, 1.807) is 0 Å². The Labute approximate surface area is 89.9 Å². The van der Waals surface area contributed by atoms with Crippen molar-refractivity contribution in [2.24, 2.45) is 11.7 Å². The molecule has 2 heteroatoms. The van der Waals surface area contributed by atoms with Gasteiger partial charge in [-0.1, -0.05) is 33.6 Å². The summed E-state index contributed by atoms with van der Waals surface area (Å²) < 4.78 is 0. The third-order valence-electron chi connectivity index (χ3n) is 3.05. The topological polar surface area (TPSA) is 29.3 Å². The van der Waals surface area contributed by atoms with E-state index in [1.165, 1.54) is 45.3 Å². The highest BCUT2D eigenvalue weighted by atomic mass is 15.1. The van der Waals surface area contributed by atoms with Crippen molar-refractivity contribution in [1.82, 2.24) is 4.90 Å². The van der Waals surface area contributed by atoms with Gasteiger partial charge in [-0.05, 0) is 38.4 Å². The Kier molecular flexibility index (Phi) is 9.42. The molecule has 0 amide bonds. The molecule has 0 radical (unpaired) electrons. The summed E-state index contributed by atoms with van der Waals surface area (Å²) in [6.45, 7) is 11.4. The van der Waals surface area contributed by atoms with Gasteiger partial charge in [-0.3, -0.25) is 0 Å². The number of hydrogen-bond acceptors (Lipinski definition) is 2. The van der Waals surface area contributed by atoms with Gasteiger partial charge in [0.1, 0.15) is 0 Å². The number of hydrogen-bond donors (Lipinski definition) is 1. The Morgan fingerprint density at radius 3 is 2.14 bits per heavy atom. The van der Waals surface area contributed by atoms with Crippen LogP contribution in [0.1, 0.15) is 46.5 Å². The van der Waals surface area contributed by atoms with Crippen molar-refractivity contribution in [3.05, 3.63) is 0 Å². The lowest BCUT2D eigenvalue weighted by Crippen LogP contribution is -2.30. The van der Waals surface area contributed by atoms with Gasteiger partial charge in [0.15, 0.2) is 0 Å². The Bertz CT molecular complexity index is 111. The van der Waals surface area contributed by atoms with Gasteiger partial charge in [-0.2, -0.15) is 0 Å². The molecule has 0 aromatic rings. The zero-order chi connectivity index (χ0) is 10.8. The van der Waals surface area contributed by atoms with E-state index < -0.39 is 0 Å². The van der Waals surface area contributed by atoms with Crippen molar-refractivity contribution in [1.29, 1.82) is 0 Å². The molecule has 2 N–H and O–H groups in total. The van der Waals surface area contributed by atoms with E-state index in [-0.39, 0.29) is 0 Å². The van der Waals surface area contributed by atoms with E-state index >= 15 is 0 Å². The van der Waals surface area contributed by atoms with Crippen LogP contribution in [0.2, 0.25) is 0 Å². The van der Waals surface area contributed by atoms with Crippen LogP contribution in [0.5, 0.6) is 0 Å². The lowest BCUT2D eigenvalue weighted by molar-refractivity contribution is 0.230. The molecule has 86 valence electrons. The number of unbranched alkanes of at least 4 members (excludes halogenated alkanes) is 1. The van der Waals surface area contributed by atoms with E-state index in [1.807, 2.05) is 0 Å². The van der Waals surface area contributed by atoms with Crippen LogP contribution in [0.4, 0.5) is 0 Å². The van der Waals surface area contributed by atoms with E-state index in [4.69, 9.17) is 5.73 Å². The molecule has 0 aliphatic carbocycles. The molecule has 0 aromatic heterocycles. The zero-order valence-corrected chi connectivity index (χ0v) is 10.3. The minimum atomic E-state index is 0.836. The highest BCUT2D eigenvalue weighted by molar-refractivity contribution is 4.63. The highest BCUT2D eigenvalue weighted by Crippen LogP contribution is 2.10. The van der Waals surface area contributed by atoms with Gasteiger partial charge >= 0.3 is 0 Å². The fraction of sp³-hybridized carbons (Fsp3) is 1.00. The minimum Gasteiger partial charge on any atom is -0.330 e. The second kappa shape index (κ2) is 9.47. The first-order valence-electron chi connectivity index (χ1n) is 6.20. The van der Waals surface area contributed by atoms with Crippen LogP contribution in [-0.2, 0) is 0 Å². The Hall–Kier alpha value is -0.0800. The van der Waals surface area contributed by atoms with Gasteiger partial charge in [0.05, 0.1) is 0 Å². The minimum absolute atomic E-state index is 0.836. The highest BCUT2D eigenvalue weighted by Gasteiger charge is 2.08. The summed E-state index contributed by atoms with van der Waals surface area (Å²) in [5.74, 6) is 0.882. The largest absolute Gasteiger partial charge is 0.330 e. The zero-order valence-electron chi connectivity index (χ0n) is 10.3. The predicted octanol–water partition coefficient (Wildman–Crippen LogP) is 2.48. The Morgan fingerprint density at radius 2 is 1.71 bits per heavy atom. The average Bonchev–Trinajstić information content (AvgIpc) is 2.23. The smallest absolute Gasteiger partial charge is 0.000934 e. The van der Waals surface area contributed by atoms with E-state index in [9.17, 15) is 0 Å². The predicted molar refractivity (Wildman–Crippen MR) is 64.5 cm³/mol. The average molecular weight is 200 g/mol. The summed E-state index contributed by atoms with van der Waals surface area (Å²) in [4.78, 5) is 2.56. The van der Waals surface area contributed by atoms with E-state index in [0.717, 1.165) is 12.5 Å². The molecule has 0 rings (SSSR count). The first-order valence-corrected chi connectivity index (χ1v) is 6.20. The summed E-state index contributed by atoms with van der Waals surface area (Å²) in [5, 5.41) is 0. The quantitative estimate of drug-likeness (QED) is 0.579. The van der Waals surface area contributed by atoms with Gasteiger partial charge in [0, 0.05) is 6.54 Å². The third kappa shape index (κ3) is 6.39. The summed E-state index contributed by atoms with van der Waals surface area (Å²) in [7, 11) is 0. The van der Waals surface area contributed by atoms with Crippen molar-refractivity contribution in [3.8, 4) is 0 Å². The first kappa shape index (κ1) is 13.9. The van der Waals surface area contributed by atoms with Crippen molar-refractivity contribution >= 4 is 0 Å². The molecule has 0 saturated carbocycles. The second-order valence-corrected chi connectivity index (χ2v) is 4.07. The normalized spacial score (nSPS) is 11.6. The SMILES string of the molecule is CCC(CC)CN(CC)CCCCN. The number of nitrogens with zero attached hydrogens (tertiary/aromatic N) is 1. The van der Waals surface area contributed by atoms with Crippen LogP contribution in [0.3, 0.4) is 0 Å². The summed E-state index contributed by atoms with van der Waals surface area (Å²) in [6.07, 6.45) is 5.04. The molecule has 0 bridgehead atoms. The monoisotopic (exact) mass is 200 g/mol. The Balaban J connectivity index is 3.65. The molecule has 0 unspecified atom stereocenters. The van der Waals surface area contributed by atoms with Crippen molar-refractivity contribution < 1.29 is 0 Å². The molecule has 0 heterocycles. The molecule has 0 aliphatic heterocycles. The van der Waals surface area contributed by atoms with Gasteiger partial charge in [-0.15, -0.1) is 0 Å². The summed E-state index contributed by atoms with van der Waals surface area (Å²) in [6, 6.07) is 0. The maximum atomic E-state index is 5.49. The molecule has 0 saturated heterocycles. The molecule has 2 nitrogen and oxygen atoms in total. The molecular formula is C12H28N2.